The Bertz CT molecular complexity index is 1380. The van der Waals surface area contributed by atoms with Gasteiger partial charge in [0.25, 0.3) is 0 Å². The van der Waals surface area contributed by atoms with Crippen LogP contribution >= 0.6 is 0 Å². The summed E-state index contributed by atoms with van der Waals surface area (Å²) in [7, 11) is 7.61. The van der Waals surface area contributed by atoms with Gasteiger partial charge in [0.05, 0.1) is 29.7 Å². The smallest absolute Gasteiger partial charge is 0.311 e. The van der Waals surface area contributed by atoms with E-state index < -0.39 is 11.7 Å². The third-order valence-corrected chi connectivity index (χ3v) is 7.69. The molecule has 4 atom stereocenters. The van der Waals surface area contributed by atoms with E-state index in [1.807, 2.05) is 52.3 Å². The van der Waals surface area contributed by atoms with E-state index in [2.05, 4.69) is 83.6 Å². The molecule has 0 aliphatic rings. The van der Waals surface area contributed by atoms with Crippen molar-refractivity contribution in [2.45, 2.75) is 51.1 Å². The molecule has 4 aromatic carbocycles. The van der Waals surface area contributed by atoms with Crippen LogP contribution in [0.4, 0.5) is 13.2 Å². The van der Waals surface area contributed by atoms with Crippen LogP contribution in [0.3, 0.4) is 0 Å². The monoisotopic (exact) mass is 590 g/mol. The van der Waals surface area contributed by atoms with Gasteiger partial charge >= 0.3 is 6.18 Å². The maximum atomic E-state index is 13.0. The first kappa shape index (κ1) is 34.0. The molecule has 230 valence electrons. The lowest BCUT2D eigenvalue weighted by atomic mass is 9.92. The van der Waals surface area contributed by atoms with Gasteiger partial charge in [-0.3, -0.25) is 0 Å². The fourth-order valence-electron chi connectivity index (χ4n) is 5.60. The number of hydrogen-bond donors (Lipinski definition) is 4. The van der Waals surface area contributed by atoms with Gasteiger partial charge in [-0.05, 0) is 83.3 Å². The maximum absolute atomic E-state index is 13.0. The number of alkyl halides is 3. The van der Waals surface area contributed by atoms with Gasteiger partial charge in [-0.15, -0.1) is 0 Å². The number of hydrogen-bond acceptors (Lipinski definition) is 4. The summed E-state index contributed by atoms with van der Waals surface area (Å²) in [6.45, 7) is 6.27. The molecular weight excluding hydrogens is 545 g/mol. The summed E-state index contributed by atoms with van der Waals surface area (Å²) >= 11 is 0. The Balaban J connectivity index is 0.000000238. The predicted octanol–water partition coefficient (Wildman–Crippen LogP) is 7.76. The first-order valence-corrected chi connectivity index (χ1v) is 14.6. The molecule has 0 saturated carbocycles. The van der Waals surface area contributed by atoms with Gasteiger partial charge in [-0.2, -0.15) is 13.2 Å². The van der Waals surface area contributed by atoms with Crippen LogP contribution in [0.1, 0.15) is 68.7 Å². The van der Waals surface area contributed by atoms with E-state index in [1.54, 1.807) is 13.1 Å². The van der Waals surface area contributed by atoms with Crippen LogP contribution in [-0.4, -0.2) is 28.2 Å². The third kappa shape index (κ3) is 9.25. The molecule has 0 aliphatic heterocycles. The van der Waals surface area contributed by atoms with Gasteiger partial charge in [0.15, 0.2) is 0 Å². The predicted molar refractivity (Wildman–Crippen MR) is 172 cm³/mol. The van der Waals surface area contributed by atoms with Crippen LogP contribution in [0, 0.1) is 20.8 Å². The van der Waals surface area contributed by atoms with E-state index in [1.165, 1.54) is 34.4 Å². The van der Waals surface area contributed by atoms with Gasteiger partial charge < -0.3 is 21.3 Å². The second kappa shape index (κ2) is 15.8. The zero-order valence-corrected chi connectivity index (χ0v) is 26.2. The minimum atomic E-state index is -4.34. The standard InChI is InChI=1S/C18H21F3N2.C18H24N2/c1-12-6-4-7-13(10-12)16(22-2)17(23-3)14-8-5-9-15(11-14)18(19,20)21;1-13-7-5-9-15(11-13)17(19-3)18(20-4)16-10-6-8-14(2)12-16/h4-11,16-17,22-23H,1-3H3;5-12,17-20H,1-4H3/t16-,17-;17-,18-/m10/s1. The lowest BCUT2D eigenvalue weighted by Gasteiger charge is -2.28. The van der Waals surface area contributed by atoms with Crippen molar-refractivity contribution in [1.82, 2.24) is 21.3 Å². The molecule has 43 heavy (non-hydrogen) atoms. The first-order chi connectivity index (χ1) is 20.5. The van der Waals surface area contributed by atoms with Crippen molar-refractivity contribution in [2.24, 2.45) is 0 Å². The minimum absolute atomic E-state index is 0.136. The Morgan fingerprint density at radius 1 is 0.442 bits per heavy atom. The van der Waals surface area contributed by atoms with Gasteiger partial charge in [0.2, 0.25) is 0 Å². The topological polar surface area (TPSA) is 48.1 Å². The molecule has 0 aliphatic carbocycles. The Morgan fingerprint density at radius 2 is 0.721 bits per heavy atom. The highest BCUT2D eigenvalue weighted by Gasteiger charge is 2.32. The molecule has 0 aromatic heterocycles. The summed E-state index contributed by atoms with van der Waals surface area (Å²) in [6.07, 6.45) is -4.34. The van der Waals surface area contributed by atoms with Crippen molar-refractivity contribution in [3.63, 3.8) is 0 Å². The Labute approximate surface area is 255 Å². The number of rotatable bonds is 10. The summed E-state index contributed by atoms with van der Waals surface area (Å²) < 4.78 is 38.9. The molecule has 0 heterocycles. The molecule has 0 spiro atoms. The Kier molecular flexibility index (Phi) is 12.5. The van der Waals surface area contributed by atoms with Crippen LogP contribution in [0.25, 0.3) is 0 Å². The Morgan fingerprint density at radius 3 is 0.977 bits per heavy atom. The molecule has 0 saturated heterocycles. The van der Waals surface area contributed by atoms with Crippen LogP contribution in [0.5, 0.6) is 0 Å². The molecule has 0 unspecified atom stereocenters. The number of likely N-dealkylation sites (N-methyl/N-ethyl adjacent to an activating group) is 4. The van der Waals surface area contributed by atoms with Crippen molar-refractivity contribution >= 4 is 0 Å². The molecule has 0 bridgehead atoms. The first-order valence-electron chi connectivity index (χ1n) is 14.6. The number of aryl methyl sites for hydroxylation is 3. The fourth-order valence-corrected chi connectivity index (χ4v) is 5.60. The second-order valence-corrected chi connectivity index (χ2v) is 10.9. The summed E-state index contributed by atoms with van der Waals surface area (Å²) in [5.74, 6) is 0. The largest absolute Gasteiger partial charge is 0.416 e. The summed E-state index contributed by atoms with van der Waals surface area (Å²) in [6, 6.07) is 30.9. The number of benzene rings is 4. The normalized spacial score (nSPS) is 14.3. The van der Waals surface area contributed by atoms with Gasteiger partial charge in [0.1, 0.15) is 0 Å². The molecule has 0 amide bonds. The molecule has 0 radical (unpaired) electrons. The zero-order valence-electron chi connectivity index (χ0n) is 26.2. The summed E-state index contributed by atoms with van der Waals surface area (Å²) in [4.78, 5) is 0. The van der Waals surface area contributed by atoms with Crippen molar-refractivity contribution < 1.29 is 13.2 Å². The molecule has 4 nitrogen and oxygen atoms in total. The van der Waals surface area contributed by atoms with E-state index in [-0.39, 0.29) is 24.2 Å². The van der Waals surface area contributed by atoms with E-state index in [0.717, 1.165) is 17.2 Å². The van der Waals surface area contributed by atoms with Gasteiger partial charge in [0, 0.05) is 0 Å². The lowest BCUT2D eigenvalue weighted by molar-refractivity contribution is -0.137. The SMILES string of the molecule is CN[C@@H](c1cccc(C)c1)[C@@H](NC)c1cccc(C)c1.CN[C@H](c1cccc(C)c1)[C@H](NC)c1cccc(C(F)(F)F)c1. The fraction of sp³-hybridized carbons (Fsp3) is 0.333. The second-order valence-electron chi connectivity index (χ2n) is 10.9. The van der Waals surface area contributed by atoms with E-state index >= 15 is 0 Å². The van der Waals surface area contributed by atoms with Crippen LogP contribution < -0.4 is 21.3 Å². The lowest BCUT2D eigenvalue weighted by Crippen LogP contribution is -2.32. The third-order valence-electron chi connectivity index (χ3n) is 7.69. The molecule has 4 aromatic rings. The quantitative estimate of drug-likeness (QED) is 0.153. The molecule has 4 N–H and O–H groups in total. The average molecular weight is 591 g/mol. The minimum Gasteiger partial charge on any atom is -0.311 e. The summed E-state index contributed by atoms with van der Waals surface area (Å²) in [5, 5.41) is 13.2. The average Bonchev–Trinajstić information content (AvgIpc) is 2.98. The zero-order chi connectivity index (χ0) is 31.6. The maximum Gasteiger partial charge on any atom is 0.416 e. The van der Waals surface area contributed by atoms with E-state index in [4.69, 9.17) is 0 Å². The number of nitrogens with one attached hydrogen (secondary N) is 4. The highest BCUT2D eigenvalue weighted by atomic mass is 19.4. The van der Waals surface area contributed by atoms with Crippen molar-refractivity contribution in [3.8, 4) is 0 Å². The van der Waals surface area contributed by atoms with Crippen molar-refractivity contribution in [2.75, 3.05) is 28.2 Å². The van der Waals surface area contributed by atoms with Crippen LogP contribution in [0.15, 0.2) is 97.1 Å². The van der Waals surface area contributed by atoms with E-state index in [9.17, 15) is 13.2 Å². The van der Waals surface area contributed by atoms with Crippen molar-refractivity contribution in [3.05, 3.63) is 142 Å². The van der Waals surface area contributed by atoms with Crippen LogP contribution in [0.2, 0.25) is 0 Å². The Hall–Kier alpha value is -3.49. The highest BCUT2D eigenvalue weighted by molar-refractivity contribution is 5.34. The van der Waals surface area contributed by atoms with E-state index in [0.29, 0.717) is 5.56 Å². The highest BCUT2D eigenvalue weighted by Crippen LogP contribution is 2.34. The van der Waals surface area contributed by atoms with Gasteiger partial charge in [-0.25, -0.2) is 0 Å². The summed E-state index contributed by atoms with van der Waals surface area (Å²) in [5.41, 5.74) is 7.33. The molecular formula is C36H45F3N4. The molecule has 0 fully saturated rings. The molecule has 4 rings (SSSR count). The van der Waals surface area contributed by atoms with Crippen molar-refractivity contribution in [1.29, 1.82) is 0 Å². The molecule has 7 heteroatoms. The van der Waals surface area contributed by atoms with Crippen LogP contribution in [-0.2, 0) is 6.18 Å². The van der Waals surface area contributed by atoms with Gasteiger partial charge in [-0.1, -0.05) is 102 Å². The number of halogens is 3.